The first kappa shape index (κ1) is 24.2. The van der Waals surface area contributed by atoms with Gasteiger partial charge in [0.15, 0.2) is 5.52 Å². The highest BCUT2D eigenvalue weighted by atomic mass is 35.5. The van der Waals surface area contributed by atoms with E-state index in [4.69, 9.17) is 32.7 Å². The summed E-state index contributed by atoms with van der Waals surface area (Å²) in [5.41, 5.74) is 2.76. The number of rotatable bonds is 12. The van der Waals surface area contributed by atoms with Crippen molar-refractivity contribution in [1.29, 1.82) is 0 Å². The topological polar surface area (TPSA) is 94.1 Å². The quantitative estimate of drug-likeness (QED) is 0.274. The van der Waals surface area contributed by atoms with Crippen molar-refractivity contribution >= 4 is 40.2 Å². The molecule has 0 unspecified atom stereocenters. The van der Waals surface area contributed by atoms with Gasteiger partial charge in [0, 0.05) is 19.7 Å². The number of aromatic amines is 1. The molecule has 0 spiro atoms. The fourth-order valence-electron chi connectivity index (χ4n) is 3.40. The van der Waals surface area contributed by atoms with Gasteiger partial charge in [0.25, 0.3) is 5.56 Å². The predicted octanol–water partition coefficient (Wildman–Crippen LogP) is 4.66. The highest BCUT2D eigenvalue weighted by Crippen LogP contribution is 2.23. The highest BCUT2D eigenvalue weighted by molar-refractivity contribution is 6.42. The molecule has 0 bridgehead atoms. The molecule has 0 radical (unpaired) electrons. The molecule has 8 nitrogen and oxygen atoms in total. The minimum atomic E-state index is -0.255. The number of aromatic nitrogens is 4. The molecule has 0 aliphatic heterocycles. The van der Waals surface area contributed by atoms with E-state index >= 15 is 0 Å². The molecule has 4 rings (SSSR count). The Morgan fingerprint density at radius 3 is 2.62 bits per heavy atom. The van der Waals surface area contributed by atoms with Crippen LogP contribution in [0.2, 0.25) is 10.0 Å². The van der Waals surface area contributed by atoms with Crippen molar-refractivity contribution in [2.75, 3.05) is 25.1 Å². The molecule has 2 aromatic heterocycles. The van der Waals surface area contributed by atoms with Crippen LogP contribution in [0.4, 0.5) is 5.95 Å². The zero-order chi connectivity index (χ0) is 23.8. The third kappa shape index (κ3) is 6.57. The van der Waals surface area contributed by atoms with Crippen molar-refractivity contribution in [3.8, 4) is 0 Å². The summed E-state index contributed by atoms with van der Waals surface area (Å²) in [7, 11) is 0. The molecule has 34 heavy (non-hydrogen) atoms. The Hall–Kier alpha value is -2.91. The monoisotopic (exact) mass is 501 g/mol. The number of benzene rings is 2. The number of fused-ring (bicyclic) bond motifs is 1. The molecule has 178 valence electrons. The van der Waals surface area contributed by atoms with Crippen molar-refractivity contribution in [2.24, 2.45) is 0 Å². The second-order valence-electron chi connectivity index (χ2n) is 7.62. The third-order valence-corrected chi connectivity index (χ3v) is 5.82. The van der Waals surface area contributed by atoms with Crippen LogP contribution >= 0.6 is 23.2 Å². The number of anilines is 1. The fraction of sp³-hybridized carbons (Fsp3) is 0.292. The first-order valence-corrected chi connectivity index (χ1v) is 11.7. The number of ether oxygens (including phenoxy) is 2. The van der Waals surface area contributed by atoms with Crippen molar-refractivity contribution in [1.82, 2.24) is 19.7 Å². The van der Waals surface area contributed by atoms with E-state index in [0.717, 1.165) is 11.1 Å². The molecular weight excluding hydrogens is 477 g/mol. The van der Waals surface area contributed by atoms with E-state index in [2.05, 4.69) is 20.4 Å². The van der Waals surface area contributed by atoms with Crippen LogP contribution in [0.25, 0.3) is 11.0 Å². The SMILES string of the molecule is O=c1[nH]c(NCc2ccc(Cl)c(Cl)c2)nc2cnn(CCCOCCOCc3ccccc3)c12. The Morgan fingerprint density at radius 1 is 0.971 bits per heavy atom. The lowest BCUT2D eigenvalue weighted by Crippen LogP contribution is -2.16. The lowest BCUT2D eigenvalue weighted by atomic mass is 10.2. The van der Waals surface area contributed by atoms with Gasteiger partial charge in [-0.15, -0.1) is 0 Å². The van der Waals surface area contributed by atoms with Gasteiger partial charge in [-0.2, -0.15) is 5.10 Å². The average Bonchev–Trinajstić information content (AvgIpc) is 3.25. The summed E-state index contributed by atoms with van der Waals surface area (Å²) in [4.78, 5) is 19.9. The zero-order valence-electron chi connectivity index (χ0n) is 18.5. The molecule has 10 heteroatoms. The van der Waals surface area contributed by atoms with Crippen molar-refractivity contribution < 1.29 is 9.47 Å². The summed E-state index contributed by atoms with van der Waals surface area (Å²) in [5, 5.41) is 8.38. The average molecular weight is 502 g/mol. The summed E-state index contributed by atoms with van der Waals surface area (Å²) < 4.78 is 12.9. The molecule has 2 aromatic carbocycles. The number of halogens is 2. The number of hydrogen-bond acceptors (Lipinski definition) is 6. The number of aryl methyl sites for hydroxylation is 1. The molecule has 2 heterocycles. The van der Waals surface area contributed by atoms with Crippen molar-refractivity contribution in [3.05, 3.63) is 86.3 Å². The van der Waals surface area contributed by atoms with E-state index in [1.165, 1.54) is 0 Å². The van der Waals surface area contributed by atoms with Gasteiger partial charge in [-0.3, -0.25) is 14.5 Å². The Balaban J connectivity index is 1.22. The van der Waals surface area contributed by atoms with E-state index in [-0.39, 0.29) is 5.56 Å². The summed E-state index contributed by atoms with van der Waals surface area (Å²) in [6.45, 7) is 3.15. The van der Waals surface area contributed by atoms with E-state index in [1.54, 1.807) is 23.0 Å². The second-order valence-corrected chi connectivity index (χ2v) is 8.44. The van der Waals surface area contributed by atoms with Crippen LogP contribution in [-0.2, 0) is 29.2 Å². The van der Waals surface area contributed by atoms with Crippen LogP contribution in [0, 0.1) is 0 Å². The van der Waals surface area contributed by atoms with E-state index in [1.807, 2.05) is 36.4 Å². The minimum absolute atomic E-state index is 0.255. The standard InChI is InChI=1S/C24H25Cl2N5O3/c25-19-8-7-18(13-20(19)26)14-27-24-29-21-15-28-31(22(21)23(32)30-24)9-4-10-33-11-12-34-16-17-5-2-1-3-6-17/h1-3,5-8,13,15H,4,9-12,14,16H2,(H2,27,29,30,32). The zero-order valence-corrected chi connectivity index (χ0v) is 20.0. The highest BCUT2D eigenvalue weighted by Gasteiger charge is 2.10. The summed E-state index contributed by atoms with van der Waals surface area (Å²) >= 11 is 12.0. The lowest BCUT2D eigenvalue weighted by Gasteiger charge is -2.08. The number of nitrogens with zero attached hydrogens (tertiary/aromatic N) is 3. The van der Waals surface area contributed by atoms with Crippen molar-refractivity contribution in [2.45, 2.75) is 26.1 Å². The number of H-pyrrole nitrogens is 1. The molecule has 0 fully saturated rings. The smallest absolute Gasteiger partial charge is 0.278 e. The Morgan fingerprint density at radius 2 is 1.79 bits per heavy atom. The van der Waals surface area contributed by atoms with E-state index in [0.29, 0.717) is 73.0 Å². The minimum Gasteiger partial charge on any atom is -0.379 e. The maximum absolute atomic E-state index is 12.6. The van der Waals surface area contributed by atoms with Crippen LogP contribution in [-0.4, -0.2) is 39.6 Å². The van der Waals surface area contributed by atoms with Crippen LogP contribution < -0.4 is 10.9 Å². The molecule has 0 atom stereocenters. The van der Waals surface area contributed by atoms with Gasteiger partial charge in [0.1, 0.15) is 5.52 Å². The largest absolute Gasteiger partial charge is 0.379 e. The van der Waals surface area contributed by atoms with Gasteiger partial charge in [-0.1, -0.05) is 59.6 Å². The lowest BCUT2D eigenvalue weighted by molar-refractivity contribution is 0.0388. The Labute approximate surface area is 206 Å². The van der Waals surface area contributed by atoms with Crippen molar-refractivity contribution in [3.63, 3.8) is 0 Å². The molecular formula is C24H25Cl2N5O3. The summed E-state index contributed by atoms with van der Waals surface area (Å²) in [5.74, 6) is 0.363. The number of nitrogens with one attached hydrogen (secondary N) is 2. The van der Waals surface area contributed by atoms with E-state index in [9.17, 15) is 4.79 Å². The third-order valence-electron chi connectivity index (χ3n) is 5.09. The van der Waals surface area contributed by atoms with Gasteiger partial charge in [-0.25, -0.2) is 4.98 Å². The molecule has 0 amide bonds. The van der Waals surface area contributed by atoms with Gasteiger partial charge in [0.05, 0.1) is 36.1 Å². The fourth-order valence-corrected chi connectivity index (χ4v) is 3.72. The van der Waals surface area contributed by atoms with Crippen LogP contribution in [0.5, 0.6) is 0 Å². The maximum Gasteiger partial charge on any atom is 0.278 e. The van der Waals surface area contributed by atoms with Gasteiger partial charge < -0.3 is 14.8 Å². The molecule has 2 N–H and O–H groups in total. The van der Waals surface area contributed by atoms with Gasteiger partial charge in [-0.05, 0) is 29.7 Å². The Bertz CT molecular complexity index is 1280. The molecule has 0 aliphatic rings. The molecule has 0 saturated carbocycles. The second kappa shape index (κ2) is 12.0. The summed E-state index contributed by atoms with van der Waals surface area (Å²) in [6.07, 6.45) is 2.30. The number of hydrogen-bond donors (Lipinski definition) is 2. The van der Waals surface area contributed by atoms with Crippen LogP contribution in [0.15, 0.2) is 59.5 Å². The van der Waals surface area contributed by atoms with Crippen LogP contribution in [0.1, 0.15) is 17.5 Å². The van der Waals surface area contributed by atoms with E-state index < -0.39 is 0 Å². The summed E-state index contributed by atoms with van der Waals surface area (Å²) in [6, 6.07) is 15.4. The maximum atomic E-state index is 12.6. The van der Waals surface area contributed by atoms with Crippen LogP contribution in [0.3, 0.4) is 0 Å². The van der Waals surface area contributed by atoms with Gasteiger partial charge in [0.2, 0.25) is 5.95 Å². The normalized spacial score (nSPS) is 11.2. The predicted molar refractivity (Wildman–Crippen MR) is 133 cm³/mol. The Kier molecular flexibility index (Phi) is 8.54. The molecule has 0 saturated heterocycles. The first-order chi connectivity index (χ1) is 16.6. The van der Waals surface area contributed by atoms with Gasteiger partial charge >= 0.3 is 0 Å². The molecule has 0 aliphatic carbocycles. The molecule has 4 aromatic rings. The first-order valence-electron chi connectivity index (χ1n) is 10.9.